The minimum atomic E-state index is -0.310. The van der Waals surface area contributed by atoms with E-state index in [1.165, 1.54) is 4.90 Å². The predicted molar refractivity (Wildman–Crippen MR) is 131 cm³/mol. The third kappa shape index (κ3) is 4.53. The number of likely N-dealkylation sites (tertiary alicyclic amines) is 1. The van der Waals surface area contributed by atoms with E-state index in [9.17, 15) is 9.59 Å². The van der Waals surface area contributed by atoms with Gasteiger partial charge in [-0.15, -0.1) is 0 Å². The van der Waals surface area contributed by atoms with Crippen LogP contribution in [0.4, 0.5) is 0 Å². The zero-order valence-electron chi connectivity index (χ0n) is 20.0. The fraction of sp³-hybridized carbons (Fsp3) is 0.346. The summed E-state index contributed by atoms with van der Waals surface area (Å²) in [6, 6.07) is 5.51. The molecule has 0 aromatic carbocycles. The van der Waals surface area contributed by atoms with E-state index in [4.69, 9.17) is 4.74 Å². The molecule has 0 spiro atoms. The molecule has 0 saturated carbocycles. The topological polar surface area (TPSA) is 104 Å². The van der Waals surface area contributed by atoms with Crippen LogP contribution in [0.15, 0.2) is 43.0 Å². The lowest BCUT2D eigenvalue weighted by atomic mass is 9.88. The first kappa shape index (κ1) is 22.8. The van der Waals surface area contributed by atoms with E-state index in [-0.39, 0.29) is 29.9 Å². The number of nitrogens with one attached hydrogen (secondary N) is 1. The Balaban J connectivity index is 1.50. The Hall–Kier alpha value is -4.01. The maximum atomic E-state index is 12.3. The molecule has 0 radical (unpaired) electrons. The SMILES string of the molecule is CC(=O)N1CCC[C@@H]1C1C=c2[nH]c(-c3cnccn3)cc2=CC1Oc1ccc(C(=O)N(C)C)nc1. The third-order valence-corrected chi connectivity index (χ3v) is 6.58. The number of rotatable bonds is 5. The van der Waals surface area contributed by atoms with Crippen molar-refractivity contribution in [2.75, 3.05) is 20.6 Å². The van der Waals surface area contributed by atoms with Crippen LogP contribution in [0.3, 0.4) is 0 Å². The molecule has 180 valence electrons. The number of amides is 2. The maximum absolute atomic E-state index is 12.3. The number of hydrogen-bond acceptors (Lipinski definition) is 6. The zero-order valence-corrected chi connectivity index (χ0v) is 20.0. The Morgan fingerprint density at radius 3 is 2.69 bits per heavy atom. The van der Waals surface area contributed by atoms with E-state index in [0.29, 0.717) is 11.4 Å². The van der Waals surface area contributed by atoms with Crippen LogP contribution >= 0.6 is 0 Å². The second kappa shape index (κ2) is 9.32. The van der Waals surface area contributed by atoms with Crippen molar-refractivity contribution >= 4 is 24.0 Å². The fourth-order valence-electron chi connectivity index (χ4n) is 4.90. The van der Waals surface area contributed by atoms with Crippen LogP contribution in [0.2, 0.25) is 0 Å². The zero-order chi connectivity index (χ0) is 24.5. The van der Waals surface area contributed by atoms with E-state index in [2.05, 4.69) is 32.1 Å². The second-order valence-electron chi connectivity index (χ2n) is 9.14. The maximum Gasteiger partial charge on any atom is 0.271 e. The van der Waals surface area contributed by atoms with E-state index in [1.807, 2.05) is 11.0 Å². The average Bonchev–Trinajstić information content (AvgIpc) is 3.51. The third-order valence-electron chi connectivity index (χ3n) is 6.58. The molecule has 2 aliphatic rings. The number of fused-ring (bicyclic) bond motifs is 1. The van der Waals surface area contributed by atoms with Crippen molar-refractivity contribution in [3.05, 3.63) is 59.2 Å². The molecule has 3 aromatic heterocycles. The number of aromatic nitrogens is 4. The lowest BCUT2D eigenvalue weighted by Crippen LogP contribution is -2.47. The van der Waals surface area contributed by atoms with E-state index in [0.717, 1.165) is 41.3 Å². The van der Waals surface area contributed by atoms with Crippen molar-refractivity contribution in [3.8, 4) is 17.1 Å². The number of pyridine rings is 1. The number of aromatic amines is 1. The van der Waals surface area contributed by atoms with Gasteiger partial charge in [0.2, 0.25) is 5.91 Å². The molecule has 2 amide bonds. The molecule has 0 bridgehead atoms. The summed E-state index contributed by atoms with van der Waals surface area (Å²) >= 11 is 0. The van der Waals surface area contributed by atoms with Gasteiger partial charge in [0.25, 0.3) is 5.91 Å². The van der Waals surface area contributed by atoms with Crippen LogP contribution in [0.5, 0.6) is 5.75 Å². The van der Waals surface area contributed by atoms with Crippen LogP contribution in [0.1, 0.15) is 30.3 Å². The lowest BCUT2D eigenvalue weighted by molar-refractivity contribution is -0.130. The summed E-state index contributed by atoms with van der Waals surface area (Å²) < 4.78 is 6.42. The van der Waals surface area contributed by atoms with Gasteiger partial charge >= 0.3 is 0 Å². The van der Waals surface area contributed by atoms with Gasteiger partial charge in [-0.1, -0.05) is 6.08 Å². The summed E-state index contributed by atoms with van der Waals surface area (Å²) in [5.41, 5.74) is 1.99. The molecule has 1 fully saturated rings. The molecule has 2 unspecified atom stereocenters. The molecule has 4 heterocycles. The van der Waals surface area contributed by atoms with Gasteiger partial charge in [-0.05, 0) is 42.3 Å². The molecule has 3 aromatic rings. The van der Waals surface area contributed by atoms with Gasteiger partial charge in [-0.3, -0.25) is 19.6 Å². The number of carbonyl (C=O) groups is 2. The highest BCUT2D eigenvalue weighted by atomic mass is 16.5. The van der Waals surface area contributed by atoms with Crippen LogP contribution in [0.25, 0.3) is 23.5 Å². The summed E-state index contributed by atoms with van der Waals surface area (Å²) in [6.45, 7) is 2.37. The number of carbonyl (C=O) groups excluding carboxylic acids is 2. The molecule has 1 aliphatic heterocycles. The highest BCUT2D eigenvalue weighted by Gasteiger charge is 2.38. The molecule has 5 rings (SSSR count). The fourth-order valence-corrected chi connectivity index (χ4v) is 4.90. The van der Waals surface area contributed by atoms with Gasteiger partial charge in [-0.25, -0.2) is 4.98 Å². The van der Waals surface area contributed by atoms with Crippen molar-refractivity contribution in [3.63, 3.8) is 0 Å². The Bertz CT molecular complexity index is 1350. The van der Waals surface area contributed by atoms with Gasteiger partial charge in [0.1, 0.15) is 23.2 Å². The molecule has 35 heavy (non-hydrogen) atoms. The first-order valence-corrected chi connectivity index (χ1v) is 11.7. The molecule has 9 heteroatoms. The monoisotopic (exact) mass is 472 g/mol. The second-order valence-corrected chi connectivity index (χ2v) is 9.14. The number of H-pyrrole nitrogens is 1. The first-order chi connectivity index (χ1) is 16.9. The van der Waals surface area contributed by atoms with Gasteiger partial charge in [0.05, 0.1) is 18.1 Å². The average molecular weight is 473 g/mol. The van der Waals surface area contributed by atoms with Crippen LogP contribution in [-0.2, 0) is 4.79 Å². The lowest BCUT2D eigenvalue weighted by Gasteiger charge is -2.34. The van der Waals surface area contributed by atoms with Crippen LogP contribution < -0.4 is 15.3 Å². The van der Waals surface area contributed by atoms with Gasteiger partial charge in [-0.2, -0.15) is 0 Å². The summed E-state index contributed by atoms with van der Waals surface area (Å²) in [5, 5.41) is 1.99. The van der Waals surface area contributed by atoms with Gasteiger partial charge in [0, 0.05) is 57.3 Å². The number of ether oxygens (including phenoxy) is 1. The summed E-state index contributed by atoms with van der Waals surface area (Å²) in [4.78, 5) is 44.3. The Labute approximate surface area is 203 Å². The minimum absolute atomic E-state index is 0.0349. The Morgan fingerprint density at radius 2 is 2.00 bits per heavy atom. The van der Waals surface area contributed by atoms with Gasteiger partial charge in [0.15, 0.2) is 0 Å². The van der Waals surface area contributed by atoms with Crippen molar-refractivity contribution in [1.29, 1.82) is 0 Å². The predicted octanol–water partition coefficient (Wildman–Crippen LogP) is 1.22. The van der Waals surface area contributed by atoms with Crippen molar-refractivity contribution in [2.45, 2.75) is 31.9 Å². The van der Waals surface area contributed by atoms with E-state index < -0.39 is 0 Å². The highest BCUT2D eigenvalue weighted by Crippen LogP contribution is 2.31. The Morgan fingerprint density at radius 1 is 1.14 bits per heavy atom. The van der Waals surface area contributed by atoms with Gasteiger partial charge < -0.3 is 19.5 Å². The quantitative estimate of drug-likeness (QED) is 0.599. The number of nitrogens with zero attached hydrogens (tertiary/aromatic N) is 5. The molecule has 1 aliphatic carbocycles. The molecule has 3 atom stereocenters. The van der Waals surface area contributed by atoms with Crippen LogP contribution in [-0.4, -0.2) is 74.3 Å². The molecule has 1 saturated heterocycles. The molecule has 1 N–H and O–H groups in total. The Kier molecular flexibility index (Phi) is 6.07. The molecule has 9 nitrogen and oxygen atoms in total. The van der Waals surface area contributed by atoms with Crippen molar-refractivity contribution in [2.24, 2.45) is 5.92 Å². The van der Waals surface area contributed by atoms with Crippen LogP contribution in [0, 0.1) is 5.92 Å². The summed E-state index contributed by atoms with van der Waals surface area (Å²) in [7, 11) is 3.38. The minimum Gasteiger partial charge on any atom is -0.484 e. The van der Waals surface area contributed by atoms with Crippen molar-refractivity contribution in [1.82, 2.24) is 29.7 Å². The highest BCUT2D eigenvalue weighted by molar-refractivity contribution is 5.91. The largest absolute Gasteiger partial charge is 0.484 e. The van der Waals surface area contributed by atoms with E-state index in [1.54, 1.807) is 57.9 Å². The van der Waals surface area contributed by atoms with Crippen molar-refractivity contribution < 1.29 is 14.3 Å². The number of hydrogen-bond donors (Lipinski definition) is 1. The summed E-state index contributed by atoms with van der Waals surface area (Å²) in [5.74, 6) is 0.430. The normalized spacial score (nSPS) is 21.0. The first-order valence-electron chi connectivity index (χ1n) is 11.7. The molecular formula is C26H28N6O3. The summed E-state index contributed by atoms with van der Waals surface area (Å²) in [6.07, 6.45) is 12.4. The smallest absolute Gasteiger partial charge is 0.271 e. The molecular weight excluding hydrogens is 444 g/mol. The van der Waals surface area contributed by atoms with E-state index >= 15 is 0 Å². The standard InChI is InChI=1S/C26H28N6O3/c1-16(33)32-10-4-5-24(32)19-13-21-17(11-22(30-21)23-15-27-8-9-28-23)12-25(19)35-18-6-7-20(29-14-18)26(34)31(2)3/h6-9,11-15,19,24-25,30H,4-5,10H2,1-3H3/t19?,24-,25?/m1/s1.